The van der Waals surface area contributed by atoms with E-state index < -0.39 is 0 Å². The molecule has 0 N–H and O–H groups in total. The van der Waals surface area contributed by atoms with Crippen LogP contribution in [0.3, 0.4) is 0 Å². The topological polar surface area (TPSA) is 25.4 Å². The molecule has 17 heavy (non-hydrogen) atoms. The number of fused-ring (bicyclic) bond motifs is 2. The van der Waals surface area contributed by atoms with Gasteiger partial charge in [0.2, 0.25) is 0 Å². The maximum Gasteiger partial charge on any atom is 0.137 e. The first-order valence-corrected chi connectivity index (χ1v) is 6.06. The Morgan fingerprint density at radius 2 is 2.24 bits per heavy atom. The van der Waals surface area contributed by atoms with Crippen LogP contribution in [0.4, 0.5) is 0 Å². The smallest absolute Gasteiger partial charge is 0.137 e. The van der Waals surface area contributed by atoms with Crippen molar-refractivity contribution in [2.75, 3.05) is 13.7 Å². The van der Waals surface area contributed by atoms with Crippen LogP contribution in [0.15, 0.2) is 24.5 Å². The molecule has 1 aromatic heterocycles. The van der Waals surface area contributed by atoms with Gasteiger partial charge in [-0.2, -0.15) is 0 Å². The first-order chi connectivity index (χ1) is 7.80. The van der Waals surface area contributed by atoms with E-state index in [0.717, 1.165) is 18.4 Å². The number of halogens is 1. The van der Waals surface area contributed by atoms with Gasteiger partial charge in [0, 0.05) is 12.2 Å². The highest BCUT2D eigenvalue weighted by atomic mass is 35.5. The highest BCUT2D eigenvalue weighted by molar-refractivity contribution is 5.85. The molecule has 0 aliphatic carbocycles. The van der Waals surface area contributed by atoms with Crippen molar-refractivity contribution in [3.8, 4) is 5.75 Å². The second-order valence-corrected chi connectivity index (χ2v) is 5.04. The number of rotatable bonds is 3. The fraction of sp³-hybridized carbons (Fsp3) is 0.615. The van der Waals surface area contributed by atoms with Gasteiger partial charge in [-0.3, -0.25) is 9.88 Å². The lowest BCUT2D eigenvalue weighted by molar-refractivity contribution is 0.113. The Hall–Kier alpha value is -0.800. The van der Waals surface area contributed by atoms with Crippen molar-refractivity contribution in [1.29, 1.82) is 0 Å². The van der Waals surface area contributed by atoms with Gasteiger partial charge in [0.05, 0.1) is 11.7 Å². The third-order valence-electron chi connectivity index (χ3n) is 4.32. The van der Waals surface area contributed by atoms with Crippen LogP contribution in [0.2, 0.25) is 0 Å². The average Bonchev–Trinajstić information content (AvgIpc) is 2.82. The molecule has 2 saturated heterocycles. The Bertz CT molecular complexity index is 363. The zero-order valence-electron chi connectivity index (χ0n) is 10.1. The first-order valence-electron chi connectivity index (χ1n) is 6.06. The van der Waals surface area contributed by atoms with E-state index >= 15 is 0 Å². The third kappa shape index (κ3) is 2.14. The van der Waals surface area contributed by atoms with Crippen molar-refractivity contribution in [1.82, 2.24) is 9.88 Å². The maximum absolute atomic E-state index is 5.88. The standard InChI is InChI=1S/C13H18N2O.ClH/c1-15-11-4-6-13(15,7-5-11)10-16-12-3-2-8-14-9-12;/h2-3,8-9,11H,4-7,10H2,1H3;1H. The fourth-order valence-corrected chi connectivity index (χ4v) is 3.16. The molecule has 0 aromatic carbocycles. The quantitative estimate of drug-likeness (QED) is 0.829. The molecule has 2 aliphatic heterocycles. The van der Waals surface area contributed by atoms with Crippen LogP contribution in [-0.4, -0.2) is 35.1 Å². The number of nitrogens with zero attached hydrogens (tertiary/aromatic N) is 2. The van der Waals surface area contributed by atoms with Gasteiger partial charge in [0.25, 0.3) is 0 Å². The molecule has 94 valence electrons. The molecule has 0 atom stereocenters. The number of ether oxygens (including phenoxy) is 1. The molecule has 0 radical (unpaired) electrons. The number of hydrogen-bond acceptors (Lipinski definition) is 3. The van der Waals surface area contributed by atoms with Crippen LogP contribution >= 0.6 is 12.4 Å². The summed E-state index contributed by atoms with van der Waals surface area (Å²) in [5.74, 6) is 0.889. The maximum atomic E-state index is 5.88. The van der Waals surface area contributed by atoms with Crippen molar-refractivity contribution < 1.29 is 4.74 Å². The Balaban J connectivity index is 0.00000108. The number of aromatic nitrogens is 1. The second-order valence-electron chi connectivity index (χ2n) is 5.04. The van der Waals surface area contributed by atoms with Gasteiger partial charge in [-0.25, -0.2) is 0 Å². The summed E-state index contributed by atoms with van der Waals surface area (Å²) in [6, 6.07) is 4.70. The summed E-state index contributed by atoms with van der Waals surface area (Å²) in [6.07, 6.45) is 8.82. The Morgan fingerprint density at radius 3 is 2.76 bits per heavy atom. The average molecular weight is 255 g/mol. The largest absolute Gasteiger partial charge is 0.490 e. The van der Waals surface area contributed by atoms with Crippen LogP contribution in [-0.2, 0) is 0 Å². The van der Waals surface area contributed by atoms with Crippen LogP contribution in [0.1, 0.15) is 25.7 Å². The van der Waals surface area contributed by atoms with Gasteiger partial charge >= 0.3 is 0 Å². The summed E-state index contributed by atoms with van der Waals surface area (Å²) in [5.41, 5.74) is 0.306. The van der Waals surface area contributed by atoms with E-state index in [1.165, 1.54) is 25.7 Å². The molecule has 2 fully saturated rings. The van der Waals surface area contributed by atoms with Crippen LogP contribution < -0.4 is 4.74 Å². The zero-order valence-corrected chi connectivity index (χ0v) is 10.9. The molecule has 2 bridgehead atoms. The zero-order chi connectivity index (χ0) is 11.0. The van der Waals surface area contributed by atoms with Gasteiger partial charge in [0.15, 0.2) is 0 Å². The molecule has 1 aromatic rings. The van der Waals surface area contributed by atoms with E-state index in [2.05, 4.69) is 16.9 Å². The monoisotopic (exact) mass is 254 g/mol. The molecular formula is C13H19ClN2O. The van der Waals surface area contributed by atoms with Gasteiger partial charge in [-0.15, -0.1) is 12.4 Å². The van der Waals surface area contributed by atoms with Gasteiger partial charge in [0.1, 0.15) is 12.4 Å². The van der Waals surface area contributed by atoms with Gasteiger partial charge in [-0.1, -0.05) is 0 Å². The third-order valence-corrected chi connectivity index (χ3v) is 4.32. The summed E-state index contributed by atoms with van der Waals surface area (Å²) < 4.78 is 5.88. The molecule has 3 nitrogen and oxygen atoms in total. The van der Waals surface area contributed by atoms with Crippen molar-refractivity contribution in [3.63, 3.8) is 0 Å². The van der Waals surface area contributed by atoms with Crippen molar-refractivity contribution in [2.24, 2.45) is 0 Å². The molecular weight excluding hydrogens is 236 g/mol. The highest BCUT2D eigenvalue weighted by Gasteiger charge is 2.49. The van der Waals surface area contributed by atoms with E-state index in [9.17, 15) is 0 Å². The van der Waals surface area contributed by atoms with Crippen LogP contribution in [0.5, 0.6) is 5.75 Å². The summed E-state index contributed by atoms with van der Waals surface area (Å²) in [4.78, 5) is 6.60. The number of pyridine rings is 1. The molecule has 0 saturated carbocycles. The normalized spacial score (nSPS) is 31.2. The van der Waals surface area contributed by atoms with E-state index in [0.29, 0.717) is 5.54 Å². The van der Waals surface area contributed by atoms with E-state index in [-0.39, 0.29) is 12.4 Å². The Labute approximate surface area is 109 Å². The number of hydrogen-bond donors (Lipinski definition) is 0. The minimum atomic E-state index is 0. The van der Waals surface area contributed by atoms with Crippen molar-refractivity contribution >= 4 is 12.4 Å². The summed E-state index contributed by atoms with van der Waals surface area (Å²) in [7, 11) is 2.25. The highest BCUT2D eigenvalue weighted by Crippen LogP contribution is 2.45. The molecule has 0 spiro atoms. The van der Waals surface area contributed by atoms with E-state index in [4.69, 9.17) is 4.74 Å². The summed E-state index contributed by atoms with van der Waals surface area (Å²) >= 11 is 0. The Kier molecular flexibility index (Phi) is 3.59. The van der Waals surface area contributed by atoms with Crippen molar-refractivity contribution in [2.45, 2.75) is 37.3 Å². The fourth-order valence-electron chi connectivity index (χ4n) is 3.16. The minimum absolute atomic E-state index is 0. The van der Waals surface area contributed by atoms with Crippen molar-refractivity contribution in [3.05, 3.63) is 24.5 Å². The predicted molar refractivity (Wildman–Crippen MR) is 69.7 cm³/mol. The molecule has 3 heterocycles. The molecule has 0 amide bonds. The molecule has 2 aliphatic rings. The first kappa shape index (κ1) is 12.7. The molecule has 0 unspecified atom stereocenters. The summed E-state index contributed by atoms with van der Waals surface area (Å²) in [6.45, 7) is 0.811. The lowest BCUT2D eigenvalue weighted by Crippen LogP contribution is -2.43. The van der Waals surface area contributed by atoms with Crippen LogP contribution in [0, 0.1) is 0 Å². The van der Waals surface area contributed by atoms with Crippen LogP contribution in [0.25, 0.3) is 0 Å². The Morgan fingerprint density at radius 1 is 1.47 bits per heavy atom. The lowest BCUT2D eigenvalue weighted by atomic mass is 9.88. The van der Waals surface area contributed by atoms with E-state index in [1.807, 2.05) is 12.1 Å². The number of likely N-dealkylation sites (N-methyl/N-ethyl adjacent to an activating group) is 1. The predicted octanol–water partition coefficient (Wildman–Crippen LogP) is 2.51. The minimum Gasteiger partial charge on any atom is -0.490 e. The molecule has 4 heteroatoms. The van der Waals surface area contributed by atoms with Gasteiger partial charge in [-0.05, 0) is 44.9 Å². The van der Waals surface area contributed by atoms with E-state index in [1.54, 1.807) is 12.4 Å². The second kappa shape index (κ2) is 4.83. The van der Waals surface area contributed by atoms with Gasteiger partial charge < -0.3 is 4.74 Å². The summed E-state index contributed by atoms with van der Waals surface area (Å²) in [5, 5.41) is 0. The molecule has 3 rings (SSSR count). The lowest BCUT2D eigenvalue weighted by Gasteiger charge is -2.31. The SMILES string of the molecule is CN1C2CCC1(COc1cccnc1)CC2.Cl.